The van der Waals surface area contributed by atoms with Gasteiger partial charge in [-0.25, -0.2) is 4.79 Å². The number of ether oxygens (including phenoxy) is 1. The number of hydrogen-bond donors (Lipinski definition) is 2. The van der Waals surface area contributed by atoms with Gasteiger partial charge >= 0.3 is 5.97 Å². The van der Waals surface area contributed by atoms with Gasteiger partial charge in [0, 0.05) is 11.6 Å². The zero-order valence-electron chi connectivity index (χ0n) is 10.1. The van der Waals surface area contributed by atoms with Gasteiger partial charge in [-0.05, 0) is 30.5 Å². The summed E-state index contributed by atoms with van der Waals surface area (Å²) in [5, 5.41) is 12.1. The second-order valence-corrected chi connectivity index (χ2v) is 4.81. The predicted molar refractivity (Wildman–Crippen MR) is 68.8 cm³/mol. The first-order chi connectivity index (χ1) is 9.06. The fraction of sp³-hybridized carbons (Fsp3) is 0.385. The molecule has 102 valence electrons. The monoisotopic (exact) mass is 283 g/mol. The molecule has 0 saturated carbocycles. The molecule has 0 aromatic heterocycles. The van der Waals surface area contributed by atoms with Crippen LogP contribution in [0.5, 0.6) is 0 Å². The molecule has 2 atom stereocenters. The number of halogens is 1. The van der Waals surface area contributed by atoms with Crippen molar-refractivity contribution in [1.82, 2.24) is 5.32 Å². The van der Waals surface area contributed by atoms with Gasteiger partial charge in [-0.3, -0.25) is 4.79 Å². The van der Waals surface area contributed by atoms with E-state index in [4.69, 9.17) is 21.4 Å². The minimum absolute atomic E-state index is 0.279. The Labute approximate surface area is 115 Å². The summed E-state index contributed by atoms with van der Waals surface area (Å²) in [6.07, 6.45) is -0.739. The highest BCUT2D eigenvalue weighted by atomic mass is 35.5. The summed E-state index contributed by atoms with van der Waals surface area (Å²) in [6, 6.07) is 7.13. The molecule has 1 saturated heterocycles. The first kappa shape index (κ1) is 13.8. The fourth-order valence-electron chi connectivity index (χ4n) is 1.92. The van der Waals surface area contributed by atoms with Crippen molar-refractivity contribution in [2.24, 2.45) is 0 Å². The number of aliphatic carboxylic acids is 1. The van der Waals surface area contributed by atoms with E-state index in [1.165, 1.54) is 0 Å². The summed E-state index contributed by atoms with van der Waals surface area (Å²) in [7, 11) is 0. The van der Waals surface area contributed by atoms with Crippen molar-refractivity contribution < 1.29 is 19.4 Å². The summed E-state index contributed by atoms with van der Waals surface area (Å²) in [5.74, 6) is -1.30. The van der Waals surface area contributed by atoms with Gasteiger partial charge < -0.3 is 15.2 Å². The number of carbonyl (C=O) groups is 2. The third-order valence-corrected chi connectivity index (χ3v) is 3.22. The number of carboxylic acid groups (broad SMARTS) is 1. The lowest BCUT2D eigenvalue weighted by atomic mass is 10.2. The molecule has 0 bridgehead atoms. The van der Waals surface area contributed by atoms with Crippen LogP contribution in [-0.2, 0) is 20.9 Å². The number of benzene rings is 1. The molecule has 0 radical (unpaired) electrons. The molecule has 1 aromatic rings. The molecule has 2 N–H and O–H groups in total. The Morgan fingerprint density at radius 3 is 2.47 bits per heavy atom. The summed E-state index contributed by atoms with van der Waals surface area (Å²) in [4.78, 5) is 22.5. The van der Waals surface area contributed by atoms with E-state index >= 15 is 0 Å². The van der Waals surface area contributed by atoms with Gasteiger partial charge in [-0.2, -0.15) is 0 Å². The van der Waals surface area contributed by atoms with E-state index in [9.17, 15) is 9.59 Å². The summed E-state index contributed by atoms with van der Waals surface area (Å²) < 4.78 is 5.16. The van der Waals surface area contributed by atoms with Crippen molar-refractivity contribution in [3.05, 3.63) is 34.9 Å². The molecule has 2 rings (SSSR count). The Balaban J connectivity index is 1.82. The van der Waals surface area contributed by atoms with Crippen molar-refractivity contribution in [1.29, 1.82) is 0 Å². The zero-order chi connectivity index (χ0) is 13.8. The van der Waals surface area contributed by atoms with Gasteiger partial charge in [0.25, 0.3) is 0 Å². The first-order valence-electron chi connectivity index (χ1n) is 5.96. The van der Waals surface area contributed by atoms with Crippen LogP contribution in [0.25, 0.3) is 0 Å². The van der Waals surface area contributed by atoms with Gasteiger partial charge in [0.05, 0.1) is 0 Å². The molecule has 1 heterocycles. The van der Waals surface area contributed by atoms with Crippen LogP contribution in [0.4, 0.5) is 0 Å². The maximum absolute atomic E-state index is 11.8. The van der Waals surface area contributed by atoms with E-state index in [0.29, 0.717) is 24.4 Å². The number of nitrogens with one attached hydrogen (secondary N) is 1. The largest absolute Gasteiger partial charge is 0.479 e. The lowest BCUT2D eigenvalue weighted by molar-refractivity contribution is -0.151. The minimum Gasteiger partial charge on any atom is -0.479 e. The molecule has 1 amide bonds. The normalized spacial score (nSPS) is 22.2. The number of carboxylic acids is 1. The van der Waals surface area contributed by atoms with Crippen molar-refractivity contribution in [3.63, 3.8) is 0 Å². The van der Waals surface area contributed by atoms with Gasteiger partial charge in [0.15, 0.2) is 6.10 Å². The summed E-state index contributed by atoms with van der Waals surface area (Å²) in [5.41, 5.74) is 0.922. The topological polar surface area (TPSA) is 75.6 Å². The Morgan fingerprint density at radius 1 is 1.26 bits per heavy atom. The molecule has 5 nitrogen and oxygen atoms in total. The van der Waals surface area contributed by atoms with E-state index in [0.717, 1.165) is 5.56 Å². The van der Waals surface area contributed by atoms with Crippen LogP contribution in [0.1, 0.15) is 18.4 Å². The molecule has 0 unspecified atom stereocenters. The molecule has 19 heavy (non-hydrogen) atoms. The Bertz CT molecular complexity index is 474. The number of carbonyl (C=O) groups excluding carboxylic acids is 1. The highest BCUT2D eigenvalue weighted by Crippen LogP contribution is 2.20. The van der Waals surface area contributed by atoms with Crippen LogP contribution in [0, 0.1) is 0 Å². The first-order valence-corrected chi connectivity index (χ1v) is 6.34. The van der Waals surface area contributed by atoms with E-state index in [1.54, 1.807) is 12.1 Å². The van der Waals surface area contributed by atoms with Gasteiger partial charge in [-0.1, -0.05) is 23.7 Å². The smallest absolute Gasteiger partial charge is 0.332 e. The van der Waals surface area contributed by atoms with Gasteiger partial charge in [0.2, 0.25) is 5.91 Å². The summed E-state index contributed by atoms with van der Waals surface area (Å²) in [6.45, 7) is 0.369. The molecule has 0 aliphatic carbocycles. The van der Waals surface area contributed by atoms with Crippen LogP contribution in [0.3, 0.4) is 0 Å². The lowest BCUT2D eigenvalue weighted by Crippen LogP contribution is -2.35. The van der Waals surface area contributed by atoms with Crippen LogP contribution in [-0.4, -0.2) is 29.2 Å². The maximum Gasteiger partial charge on any atom is 0.332 e. The van der Waals surface area contributed by atoms with Crippen molar-refractivity contribution in [3.8, 4) is 0 Å². The van der Waals surface area contributed by atoms with Crippen LogP contribution >= 0.6 is 11.6 Å². The average molecular weight is 284 g/mol. The minimum atomic E-state index is -1.02. The SMILES string of the molecule is O=C(NCc1ccc(Cl)cc1)[C@@H]1CC[C@H](C(=O)O)O1. The molecule has 1 aliphatic heterocycles. The molecule has 1 aromatic carbocycles. The Kier molecular flexibility index (Phi) is 4.39. The third kappa shape index (κ3) is 3.68. The van der Waals surface area contributed by atoms with E-state index in [2.05, 4.69) is 5.32 Å². The van der Waals surface area contributed by atoms with E-state index in [1.807, 2.05) is 12.1 Å². The molecule has 1 aliphatic rings. The maximum atomic E-state index is 11.8. The molecular weight excluding hydrogens is 270 g/mol. The van der Waals surface area contributed by atoms with Crippen molar-refractivity contribution >= 4 is 23.5 Å². The highest BCUT2D eigenvalue weighted by molar-refractivity contribution is 6.30. The lowest BCUT2D eigenvalue weighted by Gasteiger charge is -2.11. The molecule has 1 fully saturated rings. The molecule has 0 spiro atoms. The highest BCUT2D eigenvalue weighted by Gasteiger charge is 2.34. The van der Waals surface area contributed by atoms with Crippen molar-refractivity contribution in [2.75, 3.05) is 0 Å². The van der Waals surface area contributed by atoms with Gasteiger partial charge in [0.1, 0.15) is 6.10 Å². The fourth-order valence-corrected chi connectivity index (χ4v) is 2.04. The Morgan fingerprint density at radius 2 is 1.89 bits per heavy atom. The average Bonchev–Trinajstić information content (AvgIpc) is 2.87. The van der Waals surface area contributed by atoms with Crippen molar-refractivity contribution in [2.45, 2.75) is 31.6 Å². The standard InChI is InChI=1S/C13H14ClNO4/c14-9-3-1-8(2-4-9)7-15-12(16)10-5-6-11(19-10)13(17)18/h1-4,10-11H,5-7H2,(H,15,16)(H,17,18)/t10-,11+/m0/s1. The summed E-state index contributed by atoms with van der Waals surface area (Å²) >= 11 is 5.76. The molecular formula is C13H14ClNO4. The van der Waals surface area contributed by atoms with Crippen LogP contribution in [0.2, 0.25) is 5.02 Å². The van der Waals surface area contributed by atoms with Gasteiger partial charge in [-0.15, -0.1) is 0 Å². The quantitative estimate of drug-likeness (QED) is 0.880. The number of amides is 1. The second kappa shape index (κ2) is 6.04. The number of hydrogen-bond acceptors (Lipinski definition) is 3. The van der Waals surface area contributed by atoms with E-state index < -0.39 is 18.2 Å². The predicted octanol–water partition coefficient (Wildman–Crippen LogP) is 1.59. The third-order valence-electron chi connectivity index (χ3n) is 2.97. The van der Waals surface area contributed by atoms with E-state index in [-0.39, 0.29) is 5.91 Å². The van der Waals surface area contributed by atoms with Crippen LogP contribution in [0.15, 0.2) is 24.3 Å². The number of rotatable bonds is 4. The molecule has 6 heteroatoms. The Hall–Kier alpha value is -1.59. The second-order valence-electron chi connectivity index (χ2n) is 4.37. The van der Waals surface area contributed by atoms with Crippen LogP contribution < -0.4 is 5.32 Å². The zero-order valence-corrected chi connectivity index (χ0v) is 10.9.